The molecule has 0 aliphatic heterocycles. The molecule has 2 aromatic rings. The van der Waals surface area contributed by atoms with Gasteiger partial charge in [-0.05, 0) is 31.0 Å². The molecule has 1 aromatic heterocycles. The van der Waals surface area contributed by atoms with E-state index in [0.717, 1.165) is 5.82 Å². The summed E-state index contributed by atoms with van der Waals surface area (Å²) in [6.07, 6.45) is -3.46. The molecule has 132 valence electrons. The highest BCUT2D eigenvalue weighted by atomic mass is 32.2. The number of halogens is 3. The fraction of sp³-hybridized carbons (Fsp3) is 0.467. The summed E-state index contributed by atoms with van der Waals surface area (Å²) >= 11 is 1.40. The maximum atomic E-state index is 12.3. The first-order chi connectivity index (χ1) is 11.4. The second-order valence-electron chi connectivity index (χ2n) is 4.95. The van der Waals surface area contributed by atoms with Crippen molar-refractivity contribution < 1.29 is 23.0 Å². The summed E-state index contributed by atoms with van der Waals surface area (Å²) in [5.41, 5.74) is 0.698. The summed E-state index contributed by atoms with van der Waals surface area (Å²) in [5.74, 6) is 1.01. The number of alkyl halides is 3. The molecule has 0 unspecified atom stereocenters. The van der Waals surface area contributed by atoms with E-state index < -0.39 is 6.36 Å². The normalized spacial score (nSPS) is 11.7. The Morgan fingerprint density at radius 1 is 1.29 bits per heavy atom. The molecule has 0 amide bonds. The van der Waals surface area contributed by atoms with Crippen molar-refractivity contribution in [2.24, 2.45) is 0 Å². The van der Waals surface area contributed by atoms with Gasteiger partial charge in [-0.15, -0.1) is 23.4 Å². The van der Waals surface area contributed by atoms with Crippen LogP contribution < -0.4 is 4.74 Å². The van der Waals surface area contributed by atoms with Gasteiger partial charge in [0, 0.05) is 25.3 Å². The van der Waals surface area contributed by atoms with Crippen LogP contribution in [0.25, 0.3) is 0 Å². The third kappa shape index (κ3) is 5.41. The number of hydrogen-bond donors (Lipinski definition) is 1. The zero-order chi connectivity index (χ0) is 17.6. The first-order valence-electron chi connectivity index (χ1n) is 7.43. The number of aromatic nitrogens is 3. The van der Waals surface area contributed by atoms with Crippen molar-refractivity contribution in [3.63, 3.8) is 0 Å². The Bertz CT molecular complexity index is 662. The average Bonchev–Trinajstić information content (AvgIpc) is 2.91. The van der Waals surface area contributed by atoms with Crippen LogP contribution in [0.1, 0.15) is 24.7 Å². The molecule has 0 bridgehead atoms. The van der Waals surface area contributed by atoms with E-state index in [1.165, 1.54) is 30.0 Å². The Morgan fingerprint density at radius 3 is 2.75 bits per heavy atom. The molecule has 2 rings (SSSR count). The minimum absolute atomic E-state index is 0.0883. The zero-order valence-corrected chi connectivity index (χ0v) is 13.9. The van der Waals surface area contributed by atoms with Crippen molar-refractivity contribution in [2.45, 2.75) is 43.6 Å². The second kappa shape index (κ2) is 8.39. The average molecular weight is 361 g/mol. The van der Waals surface area contributed by atoms with Crippen LogP contribution in [-0.2, 0) is 18.7 Å². The van der Waals surface area contributed by atoms with E-state index in [-0.39, 0.29) is 12.4 Å². The lowest BCUT2D eigenvalue weighted by Gasteiger charge is -2.10. The number of aryl methyl sites for hydroxylation is 1. The molecule has 1 heterocycles. The molecule has 1 N–H and O–H groups in total. The molecule has 0 atom stereocenters. The van der Waals surface area contributed by atoms with E-state index in [1.807, 2.05) is 11.5 Å². The van der Waals surface area contributed by atoms with Gasteiger partial charge >= 0.3 is 6.36 Å². The Kier molecular flexibility index (Phi) is 6.50. The smallest absolute Gasteiger partial charge is 0.406 e. The number of rotatable bonds is 8. The highest BCUT2D eigenvalue weighted by Crippen LogP contribution is 2.27. The Hall–Kier alpha value is -1.74. The van der Waals surface area contributed by atoms with E-state index in [2.05, 4.69) is 14.9 Å². The summed E-state index contributed by atoms with van der Waals surface area (Å²) in [6, 6.07) is 5.88. The molecule has 1 aromatic carbocycles. The first-order valence-corrected chi connectivity index (χ1v) is 8.42. The molecule has 5 nitrogen and oxygen atoms in total. The van der Waals surface area contributed by atoms with Gasteiger partial charge in [-0.25, -0.2) is 0 Å². The monoisotopic (exact) mass is 361 g/mol. The molecular formula is C15H18F3N3O2S. The zero-order valence-electron chi connectivity index (χ0n) is 13.1. The maximum Gasteiger partial charge on any atom is 0.573 e. The number of aliphatic hydroxyl groups excluding tert-OH is 1. The van der Waals surface area contributed by atoms with Gasteiger partial charge in [-0.3, -0.25) is 0 Å². The van der Waals surface area contributed by atoms with Gasteiger partial charge < -0.3 is 14.4 Å². The largest absolute Gasteiger partial charge is 0.573 e. The summed E-state index contributed by atoms with van der Waals surface area (Å²) in [6.45, 7) is 2.74. The number of nitrogens with zero attached hydrogens (tertiary/aromatic N) is 3. The Labute approximate surface area is 141 Å². The quantitative estimate of drug-likeness (QED) is 0.730. The van der Waals surface area contributed by atoms with E-state index in [1.54, 1.807) is 6.07 Å². The van der Waals surface area contributed by atoms with E-state index >= 15 is 0 Å². The maximum absolute atomic E-state index is 12.3. The van der Waals surface area contributed by atoms with Gasteiger partial charge in [-0.1, -0.05) is 23.9 Å². The van der Waals surface area contributed by atoms with Crippen molar-refractivity contribution in [3.8, 4) is 5.75 Å². The summed E-state index contributed by atoms with van der Waals surface area (Å²) < 4.78 is 42.6. The van der Waals surface area contributed by atoms with Gasteiger partial charge in [0.2, 0.25) is 0 Å². The number of aliphatic hydroxyl groups is 1. The summed E-state index contributed by atoms with van der Waals surface area (Å²) in [5, 5.41) is 17.8. The van der Waals surface area contributed by atoms with Crippen molar-refractivity contribution in [3.05, 3.63) is 35.7 Å². The molecule has 0 aliphatic carbocycles. The Balaban J connectivity index is 2.03. The molecule has 0 saturated carbocycles. The van der Waals surface area contributed by atoms with Crippen LogP contribution in [0, 0.1) is 0 Å². The fourth-order valence-corrected chi connectivity index (χ4v) is 3.11. The molecule has 9 heteroatoms. The fourth-order valence-electron chi connectivity index (χ4n) is 2.15. The van der Waals surface area contributed by atoms with E-state index in [4.69, 9.17) is 5.11 Å². The summed E-state index contributed by atoms with van der Waals surface area (Å²) in [7, 11) is 0. The van der Waals surface area contributed by atoms with Crippen LogP contribution in [0.3, 0.4) is 0 Å². The van der Waals surface area contributed by atoms with Crippen LogP contribution in [-0.4, -0.2) is 32.8 Å². The van der Waals surface area contributed by atoms with Crippen LogP contribution in [0.4, 0.5) is 13.2 Å². The predicted octanol–water partition coefficient (Wildman–Crippen LogP) is 3.41. The highest BCUT2D eigenvalue weighted by Gasteiger charge is 2.31. The minimum Gasteiger partial charge on any atom is -0.406 e. The van der Waals surface area contributed by atoms with Crippen molar-refractivity contribution >= 4 is 11.8 Å². The number of thioether (sulfide) groups is 1. The molecule has 24 heavy (non-hydrogen) atoms. The molecule has 0 aliphatic rings. The minimum atomic E-state index is -4.70. The second-order valence-corrected chi connectivity index (χ2v) is 5.90. The third-order valence-electron chi connectivity index (χ3n) is 3.17. The van der Waals surface area contributed by atoms with Gasteiger partial charge in [-0.2, -0.15) is 0 Å². The standard InChI is InChI=1S/C15H18F3N3O2S/c1-2-21-13(7-4-8-22)19-20-14(21)24-10-11-5-3-6-12(9-11)23-15(16,17)18/h3,5-6,9,22H,2,4,7-8,10H2,1H3. The van der Waals surface area contributed by atoms with Crippen LogP contribution in [0.15, 0.2) is 29.4 Å². The first kappa shape index (κ1) is 18.6. The SMILES string of the molecule is CCn1c(CCCO)nnc1SCc1cccc(OC(F)(F)F)c1. The molecular weight excluding hydrogens is 343 g/mol. The lowest BCUT2D eigenvalue weighted by molar-refractivity contribution is -0.274. The lowest BCUT2D eigenvalue weighted by Crippen LogP contribution is -2.17. The molecule has 0 spiro atoms. The van der Waals surface area contributed by atoms with Gasteiger partial charge in [0.05, 0.1) is 0 Å². The van der Waals surface area contributed by atoms with Gasteiger partial charge in [0.25, 0.3) is 0 Å². The molecule has 0 fully saturated rings. The lowest BCUT2D eigenvalue weighted by atomic mass is 10.2. The van der Waals surface area contributed by atoms with Crippen molar-refractivity contribution in [1.29, 1.82) is 0 Å². The van der Waals surface area contributed by atoms with Crippen LogP contribution in [0.2, 0.25) is 0 Å². The predicted molar refractivity (Wildman–Crippen MR) is 83.8 cm³/mol. The van der Waals surface area contributed by atoms with Crippen LogP contribution in [0.5, 0.6) is 5.75 Å². The third-order valence-corrected chi connectivity index (χ3v) is 4.21. The van der Waals surface area contributed by atoms with Crippen molar-refractivity contribution in [2.75, 3.05) is 6.61 Å². The number of ether oxygens (including phenoxy) is 1. The Morgan fingerprint density at radius 2 is 2.08 bits per heavy atom. The van der Waals surface area contributed by atoms with E-state index in [9.17, 15) is 13.2 Å². The number of benzene rings is 1. The number of hydrogen-bond acceptors (Lipinski definition) is 5. The van der Waals surface area contributed by atoms with E-state index in [0.29, 0.717) is 35.9 Å². The highest BCUT2D eigenvalue weighted by molar-refractivity contribution is 7.98. The molecule has 0 saturated heterocycles. The van der Waals surface area contributed by atoms with Gasteiger partial charge in [0.1, 0.15) is 11.6 Å². The van der Waals surface area contributed by atoms with Gasteiger partial charge in [0.15, 0.2) is 5.16 Å². The topological polar surface area (TPSA) is 60.2 Å². The van der Waals surface area contributed by atoms with Crippen LogP contribution >= 0.6 is 11.8 Å². The summed E-state index contributed by atoms with van der Waals surface area (Å²) in [4.78, 5) is 0. The van der Waals surface area contributed by atoms with Crippen molar-refractivity contribution in [1.82, 2.24) is 14.8 Å². The molecule has 0 radical (unpaired) electrons.